The normalized spacial score (nSPS) is 9.92. The molecule has 0 bridgehead atoms. The van der Waals surface area contributed by atoms with Crippen molar-refractivity contribution in [2.24, 2.45) is 0 Å². The van der Waals surface area contributed by atoms with Crippen LogP contribution in [-0.2, 0) is 30.5 Å². The zero-order chi connectivity index (χ0) is 17.9. The first kappa shape index (κ1) is 19.4. The molecule has 0 atom stereocenters. The SMILES string of the molecule is C=C(C)C(=O)OCCOC(=O)CCC(=O)Oc1ccc(CO)cc1. The van der Waals surface area contributed by atoms with Gasteiger partial charge in [0, 0.05) is 5.57 Å². The number of esters is 3. The van der Waals surface area contributed by atoms with Crippen molar-refractivity contribution >= 4 is 17.9 Å². The summed E-state index contributed by atoms with van der Waals surface area (Å²) in [6.45, 7) is 4.67. The quantitative estimate of drug-likeness (QED) is 0.316. The smallest absolute Gasteiger partial charge is 0.333 e. The van der Waals surface area contributed by atoms with Crippen LogP contribution < -0.4 is 4.74 Å². The summed E-state index contributed by atoms with van der Waals surface area (Å²) in [5.41, 5.74) is 0.960. The van der Waals surface area contributed by atoms with E-state index in [9.17, 15) is 14.4 Å². The Bertz CT molecular complexity index is 589. The molecule has 0 saturated carbocycles. The van der Waals surface area contributed by atoms with Crippen molar-refractivity contribution < 1.29 is 33.7 Å². The molecule has 0 amide bonds. The van der Waals surface area contributed by atoms with E-state index in [0.717, 1.165) is 0 Å². The molecule has 1 aromatic rings. The van der Waals surface area contributed by atoms with Gasteiger partial charge in [-0.2, -0.15) is 0 Å². The molecule has 1 aromatic carbocycles. The van der Waals surface area contributed by atoms with Crippen molar-refractivity contribution in [1.82, 2.24) is 0 Å². The van der Waals surface area contributed by atoms with Crippen LogP contribution >= 0.6 is 0 Å². The summed E-state index contributed by atoms with van der Waals surface area (Å²) < 4.78 is 14.6. The van der Waals surface area contributed by atoms with Crippen LogP contribution in [0.15, 0.2) is 36.4 Å². The molecule has 24 heavy (non-hydrogen) atoms. The Kier molecular flexibility index (Phi) is 8.21. The topological polar surface area (TPSA) is 99.1 Å². The second-order valence-electron chi connectivity index (χ2n) is 4.91. The zero-order valence-corrected chi connectivity index (χ0v) is 13.4. The summed E-state index contributed by atoms with van der Waals surface area (Å²) in [5, 5.41) is 8.91. The number of aliphatic hydroxyl groups is 1. The Morgan fingerprint density at radius 2 is 1.58 bits per heavy atom. The predicted molar refractivity (Wildman–Crippen MR) is 84.0 cm³/mol. The van der Waals surface area contributed by atoms with Crippen LogP contribution in [0.3, 0.4) is 0 Å². The molecule has 0 radical (unpaired) electrons. The maximum absolute atomic E-state index is 11.6. The third-order valence-corrected chi connectivity index (χ3v) is 2.80. The van der Waals surface area contributed by atoms with Crippen molar-refractivity contribution in [1.29, 1.82) is 0 Å². The minimum atomic E-state index is -0.589. The van der Waals surface area contributed by atoms with Crippen molar-refractivity contribution in [3.63, 3.8) is 0 Å². The Morgan fingerprint density at radius 3 is 2.17 bits per heavy atom. The molecule has 0 aliphatic carbocycles. The summed E-state index contributed by atoms with van der Waals surface area (Å²) in [7, 11) is 0. The monoisotopic (exact) mass is 336 g/mol. The van der Waals surface area contributed by atoms with Crippen LogP contribution in [0.25, 0.3) is 0 Å². The average molecular weight is 336 g/mol. The summed E-state index contributed by atoms with van der Waals surface area (Å²) in [6, 6.07) is 6.36. The van der Waals surface area contributed by atoms with Crippen molar-refractivity contribution in [3.8, 4) is 5.75 Å². The lowest BCUT2D eigenvalue weighted by atomic mass is 10.2. The predicted octanol–water partition coefficient (Wildman–Crippen LogP) is 1.53. The highest BCUT2D eigenvalue weighted by Gasteiger charge is 2.11. The van der Waals surface area contributed by atoms with Crippen LogP contribution in [0.1, 0.15) is 25.3 Å². The second-order valence-corrected chi connectivity index (χ2v) is 4.91. The van der Waals surface area contributed by atoms with Crippen molar-refractivity contribution in [2.45, 2.75) is 26.4 Å². The molecule has 7 heteroatoms. The van der Waals surface area contributed by atoms with E-state index in [2.05, 4.69) is 6.58 Å². The molecule has 0 heterocycles. The first-order valence-electron chi connectivity index (χ1n) is 7.31. The molecule has 0 fully saturated rings. The Morgan fingerprint density at radius 1 is 1.00 bits per heavy atom. The number of benzene rings is 1. The summed E-state index contributed by atoms with van der Waals surface area (Å²) in [4.78, 5) is 34.1. The molecule has 130 valence electrons. The lowest BCUT2D eigenvalue weighted by molar-refractivity contribution is -0.151. The van der Waals surface area contributed by atoms with E-state index in [0.29, 0.717) is 11.3 Å². The highest BCUT2D eigenvalue weighted by Crippen LogP contribution is 2.13. The van der Waals surface area contributed by atoms with E-state index >= 15 is 0 Å². The van der Waals surface area contributed by atoms with Crippen LogP contribution in [0.5, 0.6) is 5.75 Å². The fourth-order valence-corrected chi connectivity index (χ4v) is 1.53. The van der Waals surface area contributed by atoms with E-state index in [1.54, 1.807) is 24.3 Å². The highest BCUT2D eigenvalue weighted by atomic mass is 16.6. The fraction of sp³-hybridized carbons (Fsp3) is 0.353. The first-order valence-corrected chi connectivity index (χ1v) is 7.31. The van der Waals surface area contributed by atoms with Gasteiger partial charge in [0.2, 0.25) is 0 Å². The molecule has 0 aromatic heterocycles. The van der Waals surface area contributed by atoms with Crippen LogP contribution in [-0.4, -0.2) is 36.2 Å². The standard InChI is InChI=1S/C17H20O7/c1-12(2)17(21)23-10-9-22-15(19)7-8-16(20)24-14-5-3-13(11-18)4-6-14/h3-6,18H,1,7-11H2,2H3. The van der Waals surface area contributed by atoms with Gasteiger partial charge in [0.05, 0.1) is 19.4 Å². The Hall–Kier alpha value is -2.67. The van der Waals surface area contributed by atoms with Gasteiger partial charge in [-0.1, -0.05) is 18.7 Å². The first-order chi connectivity index (χ1) is 11.4. The summed E-state index contributed by atoms with van der Waals surface area (Å²) >= 11 is 0. The Balaban J connectivity index is 2.20. The summed E-state index contributed by atoms with van der Waals surface area (Å²) in [5.74, 6) is -1.38. The number of hydrogen-bond acceptors (Lipinski definition) is 7. The minimum Gasteiger partial charge on any atom is -0.462 e. The van der Waals surface area contributed by atoms with Gasteiger partial charge in [-0.05, 0) is 24.6 Å². The molecule has 0 unspecified atom stereocenters. The minimum absolute atomic E-state index is 0.0704. The Labute approximate surface area is 139 Å². The van der Waals surface area contributed by atoms with E-state index in [4.69, 9.17) is 19.3 Å². The number of hydrogen-bond donors (Lipinski definition) is 1. The number of rotatable bonds is 9. The number of aliphatic hydroxyl groups excluding tert-OH is 1. The van der Waals surface area contributed by atoms with Gasteiger partial charge >= 0.3 is 17.9 Å². The largest absolute Gasteiger partial charge is 0.462 e. The lowest BCUT2D eigenvalue weighted by Gasteiger charge is -2.07. The highest BCUT2D eigenvalue weighted by molar-refractivity contribution is 5.86. The number of ether oxygens (including phenoxy) is 3. The number of carbonyl (C=O) groups is 3. The van der Waals surface area contributed by atoms with E-state index in [1.165, 1.54) is 6.92 Å². The second kappa shape index (κ2) is 10.2. The molecule has 7 nitrogen and oxygen atoms in total. The third-order valence-electron chi connectivity index (χ3n) is 2.80. The van der Waals surface area contributed by atoms with Gasteiger partial charge in [-0.3, -0.25) is 9.59 Å². The van der Waals surface area contributed by atoms with Gasteiger partial charge in [0.1, 0.15) is 19.0 Å². The van der Waals surface area contributed by atoms with E-state index in [-0.39, 0.29) is 38.2 Å². The van der Waals surface area contributed by atoms with Gasteiger partial charge in [0.25, 0.3) is 0 Å². The van der Waals surface area contributed by atoms with Crippen molar-refractivity contribution in [3.05, 3.63) is 42.0 Å². The van der Waals surface area contributed by atoms with Gasteiger partial charge in [0.15, 0.2) is 0 Å². The molecule has 0 saturated heterocycles. The number of carbonyl (C=O) groups excluding carboxylic acids is 3. The van der Waals surface area contributed by atoms with Crippen LogP contribution in [0, 0.1) is 0 Å². The zero-order valence-electron chi connectivity index (χ0n) is 13.4. The average Bonchev–Trinajstić information content (AvgIpc) is 2.57. The maximum atomic E-state index is 11.6. The van der Waals surface area contributed by atoms with Gasteiger partial charge in [-0.25, -0.2) is 4.79 Å². The molecule has 0 aliphatic heterocycles. The van der Waals surface area contributed by atoms with Crippen LogP contribution in [0.2, 0.25) is 0 Å². The van der Waals surface area contributed by atoms with E-state index in [1.807, 2.05) is 0 Å². The lowest BCUT2D eigenvalue weighted by Crippen LogP contribution is -2.16. The molecular formula is C17H20O7. The van der Waals surface area contributed by atoms with Gasteiger partial charge in [-0.15, -0.1) is 0 Å². The van der Waals surface area contributed by atoms with Crippen LogP contribution in [0.4, 0.5) is 0 Å². The van der Waals surface area contributed by atoms with E-state index < -0.39 is 17.9 Å². The maximum Gasteiger partial charge on any atom is 0.333 e. The molecule has 0 aliphatic rings. The van der Waals surface area contributed by atoms with Crippen molar-refractivity contribution in [2.75, 3.05) is 13.2 Å². The molecule has 0 spiro atoms. The fourth-order valence-electron chi connectivity index (χ4n) is 1.53. The van der Waals surface area contributed by atoms with Gasteiger partial charge < -0.3 is 19.3 Å². The summed E-state index contributed by atoms with van der Waals surface area (Å²) in [6.07, 6.45) is -0.270. The molecular weight excluding hydrogens is 316 g/mol. The molecule has 1 rings (SSSR count). The molecule has 1 N–H and O–H groups in total. The third kappa shape index (κ3) is 7.55.